The van der Waals surface area contributed by atoms with Crippen LogP contribution in [0.3, 0.4) is 0 Å². The third-order valence-corrected chi connectivity index (χ3v) is 4.06. The van der Waals surface area contributed by atoms with Crippen molar-refractivity contribution < 1.29 is 14.3 Å². The molecule has 0 aliphatic heterocycles. The highest BCUT2D eigenvalue weighted by atomic mass is 16.5. The average Bonchev–Trinajstić information content (AvgIpc) is 2.69. The summed E-state index contributed by atoms with van der Waals surface area (Å²) in [6.45, 7) is 4.63. The fourth-order valence-corrected chi connectivity index (χ4v) is 2.62. The Balaban J connectivity index is 1.59. The largest absolute Gasteiger partial charge is 0.494 e. The van der Waals surface area contributed by atoms with E-state index in [4.69, 9.17) is 9.47 Å². The molecule has 3 heteroatoms. The molecule has 27 heavy (non-hydrogen) atoms. The van der Waals surface area contributed by atoms with Crippen LogP contribution in [0.5, 0.6) is 11.5 Å². The van der Waals surface area contributed by atoms with Crippen LogP contribution in [-0.2, 0) is 4.79 Å². The van der Waals surface area contributed by atoms with Gasteiger partial charge in [0.1, 0.15) is 11.5 Å². The summed E-state index contributed by atoms with van der Waals surface area (Å²) in [5, 5.41) is 0. The van der Waals surface area contributed by atoms with Gasteiger partial charge < -0.3 is 9.47 Å². The second kappa shape index (κ2) is 8.86. The second-order valence-corrected chi connectivity index (χ2v) is 6.15. The molecule has 0 aliphatic rings. The number of benzene rings is 3. The van der Waals surface area contributed by atoms with Gasteiger partial charge in [0.2, 0.25) is 0 Å². The Morgan fingerprint density at radius 2 is 1.37 bits per heavy atom. The third kappa shape index (κ3) is 5.32. The lowest BCUT2D eigenvalue weighted by Crippen LogP contribution is -2.03. The zero-order valence-corrected chi connectivity index (χ0v) is 15.5. The SMILES string of the molecule is CCOc1ccc(/C=C/C(=O)Oc2ccc(-c3ccc(C)cc3)cc2)cc1. The Morgan fingerprint density at radius 1 is 0.815 bits per heavy atom. The van der Waals surface area contributed by atoms with Crippen molar-refractivity contribution >= 4 is 12.0 Å². The van der Waals surface area contributed by atoms with Gasteiger partial charge in [-0.1, -0.05) is 54.1 Å². The molecule has 0 radical (unpaired) electrons. The minimum atomic E-state index is -0.410. The van der Waals surface area contributed by atoms with E-state index in [0.717, 1.165) is 22.4 Å². The molecule has 0 aliphatic carbocycles. The van der Waals surface area contributed by atoms with E-state index >= 15 is 0 Å². The maximum absolute atomic E-state index is 12.0. The summed E-state index contributed by atoms with van der Waals surface area (Å²) in [6, 6.07) is 23.4. The summed E-state index contributed by atoms with van der Waals surface area (Å²) in [5.41, 5.74) is 4.35. The first-order valence-corrected chi connectivity index (χ1v) is 8.94. The molecule has 0 saturated heterocycles. The van der Waals surface area contributed by atoms with Crippen molar-refractivity contribution in [2.45, 2.75) is 13.8 Å². The lowest BCUT2D eigenvalue weighted by molar-refractivity contribution is -0.128. The number of carbonyl (C=O) groups is 1. The molecule has 0 heterocycles. The maximum Gasteiger partial charge on any atom is 0.336 e. The molecule has 0 aromatic heterocycles. The van der Waals surface area contributed by atoms with Crippen molar-refractivity contribution in [3.63, 3.8) is 0 Å². The highest BCUT2D eigenvalue weighted by molar-refractivity contribution is 5.88. The predicted molar refractivity (Wildman–Crippen MR) is 109 cm³/mol. The van der Waals surface area contributed by atoms with Crippen molar-refractivity contribution in [2.75, 3.05) is 6.61 Å². The molecule has 136 valence electrons. The number of hydrogen-bond acceptors (Lipinski definition) is 3. The zero-order chi connectivity index (χ0) is 19.1. The number of hydrogen-bond donors (Lipinski definition) is 0. The van der Waals surface area contributed by atoms with E-state index in [0.29, 0.717) is 12.4 Å². The Bertz CT molecular complexity index is 905. The molecule has 0 amide bonds. The van der Waals surface area contributed by atoms with Gasteiger partial charge in [-0.3, -0.25) is 0 Å². The first kappa shape index (κ1) is 18.5. The number of carbonyl (C=O) groups excluding carboxylic acids is 1. The zero-order valence-electron chi connectivity index (χ0n) is 15.5. The smallest absolute Gasteiger partial charge is 0.336 e. The van der Waals surface area contributed by atoms with Crippen LogP contribution >= 0.6 is 0 Å². The maximum atomic E-state index is 12.0. The van der Waals surface area contributed by atoms with Crippen LogP contribution in [-0.4, -0.2) is 12.6 Å². The van der Waals surface area contributed by atoms with Gasteiger partial charge in [0, 0.05) is 6.08 Å². The van der Waals surface area contributed by atoms with E-state index in [9.17, 15) is 4.79 Å². The molecule has 0 atom stereocenters. The molecule has 3 nitrogen and oxygen atoms in total. The van der Waals surface area contributed by atoms with Gasteiger partial charge in [0.25, 0.3) is 0 Å². The molecule has 3 aromatic carbocycles. The van der Waals surface area contributed by atoms with E-state index in [1.54, 1.807) is 18.2 Å². The third-order valence-electron chi connectivity index (χ3n) is 4.06. The number of ether oxygens (including phenoxy) is 2. The standard InChI is InChI=1S/C24H22O3/c1-3-26-22-13-6-19(7-14-22)8-17-24(25)27-23-15-11-21(12-16-23)20-9-4-18(2)5-10-20/h4-17H,3H2,1-2H3/b17-8+. The van der Waals surface area contributed by atoms with Crippen LogP contribution in [0.4, 0.5) is 0 Å². The number of aryl methyl sites for hydroxylation is 1. The Hall–Kier alpha value is -3.33. The lowest BCUT2D eigenvalue weighted by atomic mass is 10.0. The highest BCUT2D eigenvalue weighted by Gasteiger charge is 2.02. The van der Waals surface area contributed by atoms with Crippen LogP contribution in [0.25, 0.3) is 17.2 Å². The average molecular weight is 358 g/mol. The van der Waals surface area contributed by atoms with Crippen molar-refractivity contribution in [3.8, 4) is 22.6 Å². The summed E-state index contributed by atoms with van der Waals surface area (Å²) in [4.78, 5) is 12.0. The van der Waals surface area contributed by atoms with Crippen LogP contribution in [0.15, 0.2) is 78.9 Å². The van der Waals surface area contributed by atoms with Gasteiger partial charge in [0.05, 0.1) is 6.61 Å². The summed E-state index contributed by atoms with van der Waals surface area (Å²) in [6.07, 6.45) is 3.14. The number of esters is 1. The predicted octanol–water partition coefficient (Wildman–Crippen LogP) is 5.68. The first-order valence-electron chi connectivity index (χ1n) is 8.94. The van der Waals surface area contributed by atoms with Crippen LogP contribution in [0.1, 0.15) is 18.1 Å². The van der Waals surface area contributed by atoms with Crippen molar-refractivity contribution in [1.29, 1.82) is 0 Å². The van der Waals surface area contributed by atoms with Crippen molar-refractivity contribution in [2.24, 2.45) is 0 Å². The summed E-state index contributed by atoms with van der Waals surface area (Å²) >= 11 is 0. The topological polar surface area (TPSA) is 35.5 Å². The molecule has 0 saturated carbocycles. The van der Waals surface area contributed by atoms with Gasteiger partial charge in [-0.2, -0.15) is 0 Å². The van der Waals surface area contributed by atoms with Crippen LogP contribution in [0.2, 0.25) is 0 Å². The minimum absolute atomic E-state index is 0.410. The summed E-state index contributed by atoms with van der Waals surface area (Å²) in [7, 11) is 0. The monoisotopic (exact) mass is 358 g/mol. The molecule has 0 spiro atoms. The fraction of sp³-hybridized carbons (Fsp3) is 0.125. The molecular weight excluding hydrogens is 336 g/mol. The molecular formula is C24H22O3. The Labute approximate surface area is 159 Å². The molecule has 3 rings (SSSR count). The molecule has 0 bridgehead atoms. The van der Waals surface area contributed by atoms with E-state index < -0.39 is 5.97 Å². The Morgan fingerprint density at radius 3 is 1.96 bits per heavy atom. The van der Waals surface area contributed by atoms with Crippen molar-refractivity contribution in [3.05, 3.63) is 90.0 Å². The molecule has 0 unspecified atom stereocenters. The van der Waals surface area contributed by atoms with Crippen molar-refractivity contribution in [1.82, 2.24) is 0 Å². The van der Waals surface area contributed by atoms with Gasteiger partial charge in [-0.25, -0.2) is 4.79 Å². The quantitative estimate of drug-likeness (QED) is 0.323. The van der Waals surface area contributed by atoms with Crippen LogP contribution in [0, 0.1) is 6.92 Å². The molecule has 0 fully saturated rings. The van der Waals surface area contributed by atoms with Gasteiger partial charge in [-0.15, -0.1) is 0 Å². The highest BCUT2D eigenvalue weighted by Crippen LogP contribution is 2.23. The Kier molecular flexibility index (Phi) is 6.06. The van der Waals surface area contributed by atoms with E-state index in [1.165, 1.54) is 11.6 Å². The summed E-state index contributed by atoms with van der Waals surface area (Å²) < 4.78 is 10.8. The lowest BCUT2D eigenvalue weighted by Gasteiger charge is -2.05. The van der Waals surface area contributed by atoms with E-state index in [2.05, 4.69) is 31.2 Å². The summed E-state index contributed by atoms with van der Waals surface area (Å²) in [5.74, 6) is 0.921. The van der Waals surface area contributed by atoms with Gasteiger partial charge >= 0.3 is 5.97 Å². The van der Waals surface area contributed by atoms with Gasteiger partial charge in [0.15, 0.2) is 0 Å². The normalized spacial score (nSPS) is 10.7. The van der Waals surface area contributed by atoms with E-state index in [-0.39, 0.29) is 0 Å². The van der Waals surface area contributed by atoms with Gasteiger partial charge in [-0.05, 0) is 60.9 Å². The second-order valence-electron chi connectivity index (χ2n) is 6.15. The molecule has 3 aromatic rings. The van der Waals surface area contributed by atoms with E-state index in [1.807, 2.05) is 43.3 Å². The fourth-order valence-electron chi connectivity index (χ4n) is 2.62. The number of rotatable bonds is 6. The first-order chi connectivity index (χ1) is 13.1. The minimum Gasteiger partial charge on any atom is -0.494 e. The van der Waals surface area contributed by atoms with Crippen LogP contribution < -0.4 is 9.47 Å². The molecule has 0 N–H and O–H groups in total.